The van der Waals surface area contributed by atoms with Gasteiger partial charge < -0.3 is 15.5 Å². The van der Waals surface area contributed by atoms with Gasteiger partial charge in [-0.05, 0) is 44.4 Å². The van der Waals surface area contributed by atoms with Crippen LogP contribution >= 0.6 is 0 Å². The quantitative estimate of drug-likeness (QED) is 0.817. The van der Waals surface area contributed by atoms with Gasteiger partial charge in [0.1, 0.15) is 0 Å². The molecule has 5 heteroatoms. The third-order valence-electron chi connectivity index (χ3n) is 5.34. The molecule has 2 amide bonds. The second kappa shape index (κ2) is 6.77. The third-order valence-corrected chi connectivity index (χ3v) is 5.34. The fraction of sp³-hybridized carbons (Fsp3) is 0.875. The Morgan fingerprint density at radius 2 is 1.76 bits per heavy atom. The Hall–Kier alpha value is -1.10. The highest BCUT2D eigenvalue weighted by molar-refractivity contribution is 5.87. The summed E-state index contributed by atoms with van der Waals surface area (Å²) in [4.78, 5) is 26.1. The second-order valence-electron chi connectivity index (χ2n) is 6.75. The van der Waals surface area contributed by atoms with E-state index in [9.17, 15) is 9.59 Å². The number of hydrogen-bond acceptors (Lipinski definition) is 3. The first kappa shape index (κ1) is 14.8. The first-order valence-electron chi connectivity index (χ1n) is 8.55. The Morgan fingerprint density at radius 1 is 1.00 bits per heavy atom. The Labute approximate surface area is 126 Å². The molecular weight excluding hydrogens is 266 g/mol. The molecule has 3 atom stereocenters. The molecule has 3 unspecified atom stereocenters. The monoisotopic (exact) mass is 293 g/mol. The minimum absolute atomic E-state index is 0.00608. The molecular formula is C16H27N3O2. The summed E-state index contributed by atoms with van der Waals surface area (Å²) in [5.41, 5.74) is 0. The van der Waals surface area contributed by atoms with Gasteiger partial charge in [-0.3, -0.25) is 9.59 Å². The lowest BCUT2D eigenvalue weighted by Crippen LogP contribution is -2.55. The topological polar surface area (TPSA) is 61.4 Å². The molecule has 2 N–H and O–H groups in total. The van der Waals surface area contributed by atoms with E-state index in [2.05, 4.69) is 10.6 Å². The fourth-order valence-corrected chi connectivity index (χ4v) is 4.07. The molecule has 0 aromatic rings. The van der Waals surface area contributed by atoms with Crippen molar-refractivity contribution < 1.29 is 9.59 Å². The molecule has 3 rings (SSSR count). The van der Waals surface area contributed by atoms with Crippen molar-refractivity contribution in [3.05, 3.63) is 0 Å². The molecule has 0 bridgehead atoms. The summed E-state index contributed by atoms with van der Waals surface area (Å²) in [7, 11) is 0. The van der Waals surface area contributed by atoms with E-state index in [0.29, 0.717) is 6.04 Å². The zero-order valence-corrected chi connectivity index (χ0v) is 12.8. The Kier molecular flexibility index (Phi) is 4.78. The summed E-state index contributed by atoms with van der Waals surface area (Å²) in [5.74, 6) is 0.827. The Balaban J connectivity index is 1.43. The number of piperidine rings is 1. The number of nitrogens with one attached hydrogen (secondary N) is 2. The average molecular weight is 293 g/mol. The molecule has 2 aliphatic heterocycles. The standard InChI is InChI=1S/C16H27N3O2/c20-15(19-9-3-4-10-19)11-17-16(21)14-8-7-12-5-1-2-6-13(12)18-14/h12-14,18H,1-11H2,(H,17,21). The van der Waals surface area contributed by atoms with Crippen LogP contribution in [0.5, 0.6) is 0 Å². The molecule has 1 saturated carbocycles. The molecule has 1 aliphatic carbocycles. The molecule has 0 aromatic carbocycles. The predicted octanol–water partition coefficient (Wildman–Crippen LogP) is 1.04. The van der Waals surface area contributed by atoms with Crippen LogP contribution in [-0.4, -0.2) is 48.4 Å². The number of amides is 2. The zero-order valence-electron chi connectivity index (χ0n) is 12.8. The minimum Gasteiger partial charge on any atom is -0.346 e. The molecule has 0 spiro atoms. The number of carbonyl (C=O) groups excluding carboxylic acids is 2. The molecule has 2 saturated heterocycles. The predicted molar refractivity (Wildman–Crippen MR) is 80.7 cm³/mol. The van der Waals surface area contributed by atoms with Crippen LogP contribution < -0.4 is 10.6 Å². The van der Waals surface area contributed by atoms with E-state index in [1.54, 1.807) is 0 Å². The maximum absolute atomic E-state index is 12.2. The molecule has 5 nitrogen and oxygen atoms in total. The SMILES string of the molecule is O=C(NCC(=O)N1CCCC1)C1CCC2CCCCC2N1. The fourth-order valence-electron chi connectivity index (χ4n) is 4.07. The number of nitrogens with zero attached hydrogens (tertiary/aromatic N) is 1. The second-order valence-corrected chi connectivity index (χ2v) is 6.75. The van der Waals surface area contributed by atoms with Crippen molar-refractivity contribution in [3.63, 3.8) is 0 Å². The normalized spacial score (nSPS) is 32.6. The van der Waals surface area contributed by atoms with Crippen molar-refractivity contribution >= 4 is 11.8 Å². The van der Waals surface area contributed by atoms with E-state index < -0.39 is 0 Å². The summed E-state index contributed by atoms with van der Waals surface area (Å²) in [6, 6.07) is 0.410. The smallest absolute Gasteiger partial charge is 0.241 e. The van der Waals surface area contributed by atoms with E-state index in [-0.39, 0.29) is 24.4 Å². The molecule has 3 fully saturated rings. The van der Waals surface area contributed by atoms with Gasteiger partial charge >= 0.3 is 0 Å². The lowest BCUT2D eigenvalue weighted by Gasteiger charge is -2.39. The van der Waals surface area contributed by atoms with Crippen LogP contribution in [0.2, 0.25) is 0 Å². The van der Waals surface area contributed by atoms with E-state index >= 15 is 0 Å². The maximum Gasteiger partial charge on any atom is 0.241 e. The summed E-state index contributed by atoms with van der Waals surface area (Å²) < 4.78 is 0. The number of fused-ring (bicyclic) bond motifs is 1. The summed E-state index contributed by atoms with van der Waals surface area (Å²) >= 11 is 0. The van der Waals surface area contributed by atoms with E-state index in [1.807, 2.05) is 4.90 Å². The third kappa shape index (κ3) is 3.57. The molecule has 21 heavy (non-hydrogen) atoms. The Morgan fingerprint density at radius 3 is 2.57 bits per heavy atom. The van der Waals surface area contributed by atoms with Crippen molar-refractivity contribution in [1.82, 2.24) is 15.5 Å². The first-order valence-corrected chi connectivity index (χ1v) is 8.55. The van der Waals surface area contributed by atoms with Gasteiger partial charge in [-0.2, -0.15) is 0 Å². The van der Waals surface area contributed by atoms with Gasteiger partial charge in [0.2, 0.25) is 11.8 Å². The van der Waals surface area contributed by atoms with E-state index in [0.717, 1.165) is 44.7 Å². The average Bonchev–Trinajstić information content (AvgIpc) is 3.06. The highest BCUT2D eigenvalue weighted by Gasteiger charge is 2.34. The van der Waals surface area contributed by atoms with E-state index in [1.165, 1.54) is 25.7 Å². The number of hydrogen-bond donors (Lipinski definition) is 2. The summed E-state index contributed by atoms with van der Waals surface area (Å²) in [6.07, 6.45) is 9.35. The van der Waals surface area contributed by atoms with Crippen LogP contribution in [0.15, 0.2) is 0 Å². The first-order chi connectivity index (χ1) is 10.2. The van der Waals surface area contributed by atoms with Gasteiger partial charge in [0.25, 0.3) is 0 Å². The molecule has 3 aliphatic rings. The van der Waals surface area contributed by atoms with Crippen molar-refractivity contribution in [2.24, 2.45) is 5.92 Å². The van der Waals surface area contributed by atoms with Crippen molar-refractivity contribution in [3.8, 4) is 0 Å². The number of likely N-dealkylation sites (tertiary alicyclic amines) is 1. The Bertz CT molecular complexity index is 393. The van der Waals surface area contributed by atoms with Crippen LogP contribution in [0, 0.1) is 5.92 Å². The van der Waals surface area contributed by atoms with Crippen LogP contribution in [0.4, 0.5) is 0 Å². The molecule has 0 radical (unpaired) electrons. The molecule has 2 heterocycles. The van der Waals surface area contributed by atoms with Crippen molar-refractivity contribution in [2.45, 2.75) is 63.5 Å². The zero-order chi connectivity index (χ0) is 14.7. The van der Waals surface area contributed by atoms with Gasteiger partial charge in [0.05, 0.1) is 12.6 Å². The maximum atomic E-state index is 12.2. The largest absolute Gasteiger partial charge is 0.346 e. The lowest BCUT2D eigenvalue weighted by atomic mass is 9.77. The van der Waals surface area contributed by atoms with Crippen molar-refractivity contribution in [1.29, 1.82) is 0 Å². The van der Waals surface area contributed by atoms with Gasteiger partial charge in [0, 0.05) is 19.1 Å². The van der Waals surface area contributed by atoms with Gasteiger partial charge in [0.15, 0.2) is 0 Å². The van der Waals surface area contributed by atoms with Gasteiger partial charge in [-0.25, -0.2) is 0 Å². The van der Waals surface area contributed by atoms with Crippen molar-refractivity contribution in [2.75, 3.05) is 19.6 Å². The van der Waals surface area contributed by atoms with Crippen LogP contribution in [0.25, 0.3) is 0 Å². The molecule has 118 valence electrons. The summed E-state index contributed by atoms with van der Waals surface area (Å²) in [6.45, 7) is 1.85. The summed E-state index contributed by atoms with van der Waals surface area (Å²) in [5, 5.41) is 6.34. The molecule has 0 aromatic heterocycles. The minimum atomic E-state index is -0.101. The van der Waals surface area contributed by atoms with Crippen LogP contribution in [-0.2, 0) is 9.59 Å². The highest BCUT2D eigenvalue weighted by Crippen LogP contribution is 2.32. The number of carbonyl (C=O) groups is 2. The van der Waals surface area contributed by atoms with Gasteiger partial charge in [-0.15, -0.1) is 0 Å². The van der Waals surface area contributed by atoms with Gasteiger partial charge in [-0.1, -0.05) is 12.8 Å². The highest BCUT2D eigenvalue weighted by atomic mass is 16.2. The van der Waals surface area contributed by atoms with E-state index in [4.69, 9.17) is 0 Å². The number of rotatable bonds is 3. The van der Waals surface area contributed by atoms with Crippen LogP contribution in [0.3, 0.4) is 0 Å². The van der Waals surface area contributed by atoms with Crippen LogP contribution in [0.1, 0.15) is 51.4 Å². The lowest BCUT2D eigenvalue weighted by molar-refractivity contribution is -0.133.